The number of benzene rings is 1. The molecule has 1 amide bonds. The van der Waals surface area contributed by atoms with E-state index in [2.05, 4.69) is 5.32 Å². The molecule has 106 valence electrons. The first-order valence-electron chi connectivity index (χ1n) is 6.00. The second kappa shape index (κ2) is 7.12. The van der Waals surface area contributed by atoms with Crippen LogP contribution in [0.4, 0.5) is 4.39 Å². The largest absolute Gasteiger partial charge is 0.472 e. The van der Waals surface area contributed by atoms with E-state index in [4.69, 9.17) is 4.42 Å². The lowest BCUT2D eigenvalue weighted by molar-refractivity contribution is -0.119. The molecule has 1 aromatic heterocycles. The Balaban J connectivity index is 1.71. The van der Waals surface area contributed by atoms with Crippen molar-refractivity contribution >= 4 is 17.7 Å². The van der Waals surface area contributed by atoms with Gasteiger partial charge in [0.2, 0.25) is 5.91 Å². The molecule has 0 saturated carbocycles. The summed E-state index contributed by atoms with van der Waals surface area (Å²) in [4.78, 5) is 12.4. The zero-order chi connectivity index (χ0) is 14.4. The molecule has 20 heavy (non-hydrogen) atoms. The Hall–Kier alpha value is -1.79. The number of hydrogen-bond donors (Lipinski definition) is 2. The molecule has 2 rings (SSSR count). The predicted molar refractivity (Wildman–Crippen MR) is 73.8 cm³/mol. The summed E-state index contributed by atoms with van der Waals surface area (Å²) in [5, 5.41) is 12.4. The van der Waals surface area contributed by atoms with E-state index in [9.17, 15) is 14.3 Å². The first kappa shape index (κ1) is 14.6. The van der Waals surface area contributed by atoms with Gasteiger partial charge in [-0.15, -0.1) is 11.8 Å². The molecule has 1 aromatic carbocycles. The number of aliphatic hydroxyl groups is 1. The topological polar surface area (TPSA) is 62.5 Å². The summed E-state index contributed by atoms with van der Waals surface area (Å²) < 4.78 is 17.6. The van der Waals surface area contributed by atoms with Crippen molar-refractivity contribution in [1.29, 1.82) is 0 Å². The highest BCUT2D eigenvalue weighted by molar-refractivity contribution is 8.00. The van der Waals surface area contributed by atoms with Crippen molar-refractivity contribution in [2.24, 2.45) is 0 Å². The molecule has 0 saturated heterocycles. The van der Waals surface area contributed by atoms with Crippen molar-refractivity contribution in [2.75, 3.05) is 12.3 Å². The van der Waals surface area contributed by atoms with Crippen LogP contribution in [0.1, 0.15) is 11.7 Å². The van der Waals surface area contributed by atoms with Crippen LogP contribution in [0.25, 0.3) is 0 Å². The molecule has 0 bridgehead atoms. The maximum absolute atomic E-state index is 12.7. The molecule has 1 atom stereocenters. The van der Waals surface area contributed by atoms with E-state index in [0.717, 1.165) is 4.90 Å². The van der Waals surface area contributed by atoms with Crippen LogP contribution in [0.5, 0.6) is 0 Å². The molecule has 2 N–H and O–H groups in total. The van der Waals surface area contributed by atoms with Gasteiger partial charge in [0.15, 0.2) is 0 Å². The van der Waals surface area contributed by atoms with Gasteiger partial charge in [-0.1, -0.05) is 0 Å². The molecule has 0 fully saturated rings. The van der Waals surface area contributed by atoms with Gasteiger partial charge in [-0.05, 0) is 30.3 Å². The maximum Gasteiger partial charge on any atom is 0.230 e. The Bertz CT molecular complexity index is 542. The summed E-state index contributed by atoms with van der Waals surface area (Å²) in [7, 11) is 0. The van der Waals surface area contributed by atoms with Gasteiger partial charge in [-0.2, -0.15) is 0 Å². The van der Waals surface area contributed by atoms with Crippen LogP contribution in [-0.4, -0.2) is 23.3 Å². The quantitative estimate of drug-likeness (QED) is 0.803. The Kier molecular flexibility index (Phi) is 5.20. The van der Waals surface area contributed by atoms with Gasteiger partial charge in [0, 0.05) is 17.0 Å². The van der Waals surface area contributed by atoms with Crippen molar-refractivity contribution in [3.63, 3.8) is 0 Å². The average Bonchev–Trinajstić information content (AvgIpc) is 2.98. The number of rotatable bonds is 6. The fourth-order valence-electron chi connectivity index (χ4n) is 1.52. The van der Waals surface area contributed by atoms with E-state index >= 15 is 0 Å². The van der Waals surface area contributed by atoms with Crippen molar-refractivity contribution in [1.82, 2.24) is 5.32 Å². The molecule has 0 aliphatic rings. The highest BCUT2D eigenvalue weighted by Gasteiger charge is 2.10. The van der Waals surface area contributed by atoms with Crippen molar-refractivity contribution in [3.8, 4) is 0 Å². The lowest BCUT2D eigenvalue weighted by atomic mass is 10.2. The van der Waals surface area contributed by atoms with Crippen LogP contribution < -0.4 is 5.32 Å². The highest BCUT2D eigenvalue weighted by atomic mass is 32.2. The smallest absolute Gasteiger partial charge is 0.230 e. The van der Waals surface area contributed by atoms with Crippen LogP contribution in [0.15, 0.2) is 52.2 Å². The fourth-order valence-corrected chi connectivity index (χ4v) is 2.25. The van der Waals surface area contributed by atoms with Crippen molar-refractivity contribution in [3.05, 3.63) is 54.2 Å². The highest BCUT2D eigenvalue weighted by Crippen LogP contribution is 2.17. The summed E-state index contributed by atoms with van der Waals surface area (Å²) in [6.45, 7) is 0.127. The predicted octanol–water partition coefficient (Wildman–Crippen LogP) is 2.36. The van der Waals surface area contributed by atoms with Gasteiger partial charge in [0.05, 0.1) is 24.4 Å². The number of aliphatic hydroxyl groups excluding tert-OH is 1. The van der Waals surface area contributed by atoms with Crippen molar-refractivity contribution < 1.29 is 18.7 Å². The second-order valence-corrected chi connectivity index (χ2v) is 5.17. The summed E-state index contributed by atoms with van der Waals surface area (Å²) in [6.07, 6.45) is 2.11. The summed E-state index contributed by atoms with van der Waals surface area (Å²) in [6, 6.07) is 7.58. The van der Waals surface area contributed by atoms with E-state index in [1.165, 1.54) is 36.4 Å². The summed E-state index contributed by atoms with van der Waals surface area (Å²) >= 11 is 1.31. The normalized spacial score (nSPS) is 12.1. The van der Waals surface area contributed by atoms with E-state index in [-0.39, 0.29) is 24.0 Å². The van der Waals surface area contributed by atoms with Gasteiger partial charge < -0.3 is 14.8 Å². The van der Waals surface area contributed by atoms with Crippen molar-refractivity contribution in [2.45, 2.75) is 11.0 Å². The van der Waals surface area contributed by atoms with Gasteiger partial charge >= 0.3 is 0 Å². The van der Waals surface area contributed by atoms with Gasteiger partial charge in [0.25, 0.3) is 0 Å². The third kappa shape index (κ3) is 4.40. The Labute approximate surface area is 120 Å². The molecular weight excluding hydrogens is 281 g/mol. The van der Waals surface area contributed by atoms with E-state index in [1.54, 1.807) is 18.2 Å². The molecular formula is C14H14FNO3S. The molecule has 4 nitrogen and oxygen atoms in total. The number of furan rings is 1. The monoisotopic (exact) mass is 295 g/mol. The van der Waals surface area contributed by atoms with Gasteiger partial charge in [-0.3, -0.25) is 4.79 Å². The van der Waals surface area contributed by atoms with E-state index in [1.807, 2.05) is 0 Å². The second-order valence-electron chi connectivity index (χ2n) is 4.12. The van der Waals surface area contributed by atoms with Gasteiger partial charge in [0.1, 0.15) is 5.82 Å². The number of carbonyl (C=O) groups is 1. The number of thioether (sulfide) groups is 1. The van der Waals surface area contributed by atoms with E-state index < -0.39 is 6.10 Å². The maximum atomic E-state index is 12.7. The fraction of sp³-hybridized carbons (Fsp3) is 0.214. The first-order chi connectivity index (χ1) is 9.65. The molecule has 0 aliphatic heterocycles. The van der Waals surface area contributed by atoms with Crippen LogP contribution in [0.3, 0.4) is 0 Å². The Morgan fingerprint density at radius 3 is 2.75 bits per heavy atom. The Morgan fingerprint density at radius 2 is 2.10 bits per heavy atom. The first-order valence-corrected chi connectivity index (χ1v) is 6.99. The number of carbonyl (C=O) groups excluding carboxylic acids is 1. The molecule has 0 radical (unpaired) electrons. The standard InChI is InChI=1S/C14H14FNO3S/c15-11-1-3-12(4-2-11)20-9-14(18)16-7-13(17)10-5-6-19-8-10/h1-6,8,13,17H,7,9H2,(H,16,18)/t13-/m1/s1. The molecule has 0 spiro atoms. The molecule has 0 unspecified atom stereocenters. The molecule has 1 heterocycles. The number of halogens is 1. The Morgan fingerprint density at radius 1 is 1.35 bits per heavy atom. The lowest BCUT2D eigenvalue weighted by Crippen LogP contribution is -2.29. The van der Waals surface area contributed by atoms with Crippen LogP contribution in [0, 0.1) is 5.82 Å². The third-order valence-electron chi connectivity index (χ3n) is 2.60. The molecule has 2 aromatic rings. The number of hydrogen-bond acceptors (Lipinski definition) is 4. The van der Waals surface area contributed by atoms with Gasteiger partial charge in [-0.25, -0.2) is 4.39 Å². The minimum Gasteiger partial charge on any atom is -0.472 e. The lowest BCUT2D eigenvalue weighted by Gasteiger charge is -2.09. The van der Waals surface area contributed by atoms with Crippen LogP contribution >= 0.6 is 11.8 Å². The molecule has 6 heteroatoms. The summed E-state index contributed by atoms with van der Waals surface area (Å²) in [5.41, 5.74) is 0.622. The number of nitrogens with one attached hydrogen (secondary N) is 1. The minimum atomic E-state index is -0.784. The third-order valence-corrected chi connectivity index (χ3v) is 3.62. The zero-order valence-corrected chi connectivity index (χ0v) is 11.4. The molecule has 0 aliphatic carbocycles. The summed E-state index contributed by atoms with van der Waals surface area (Å²) in [5.74, 6) is -0.284. The van der Waals surface area contributed by atoms with Crippen LogP contribution in [-0.2, 0) is 4.79 Å². The average molecular weight is 295 g/mol. The van der Waals surface area contributed by atoms with Crippen LogP contribution in [0.2, 0.25) is 0 Å². The number of amides is 1. The zero-order valence-electron chi connectivity index (χ0n) is 10.6. The van der Waals surface area contributed by atoms with E-state index in [0.29, 0.717) is 5.56 Å². The SMILES string of the molecule is O=C(CSc1ccc(F)cc1)NC[C@@H](O)c1ccoc1. The minimum absolute atomic E-state index is 0.127.